The molecule has 8 heteroatoms. The van der Waals surface area contributed by atoms with Crippen LogP contribution in [-0.4, -0.2) is 24.8 Å². The number of benzene rings is 2. The molecule has 0 unspecified atom stereocenters. The predicted molar refractivity (Wildman–Crippen MR) is 102 cm³/mol. The maximum Gasteiger partial charge on any atom is 0.235 e. The van der Waals surface area contributed by atoms with E-state index in [4.69, 9.17) is 16.7 Å². The average molecular weight is 384 g/mol. The molecule has 5 nitrogen and oxygen atoms in total. The van der Waals surface area contributed by atoms with E-state index < -0.39 is 0 Å². The molecule has 0 radical (unpaired) electrons. The van der Waals surface area contributed by atoms with Crippen LogP contribution in [0, 0.1) is 6.92 Å². The van der Waals surface area contributed by atoms with E-state index in [1.165, 1.54) is 28.2 Å². The Bertz CT molecular complexity index is 1220. The number of aryl methyl sites for hydroxylation is 1. The fourth-order valence-corrected chi connectivity index (χ4v) is 4.55. The Balaban J connectivity index is 1.63. The molecule has 0 saturated carbocycles. The quantitative estimate of drug-likeness (QED) is 0.426. The van der Waals surface area contributed by atoms with Crippen LogP contribution >= 0.6 is 34.3 Å². The molecule has 0 atom stereocenters. The number of nitrogens with zero attached hydrogens (tertiary/aromatic N) is 5. The fourth-order valence-electron chi connectivity index (χ4n) is 2.65. The summed E-state index contributed by atoms with van der Waals surface area (Å²) < 4.78 is 3.40. The van der Waals surface area contributed by atoms with Gasteiger partial charge in [-0.3, -0.25) is 0 Å². The molecule has 2 aromatic carbocycles. The number of rotatable bonds is 2. The van der Waals surface area contributed by atoms with Gasteiger partial charge in [0.05, 0.1) is 10.2 Å². The van der Waals surface area contributed by atoms with Gasteiger partial charge in [-0.15, -0.1) is 21.5 Å². The summed E-state index contributed by atoms with van der Waals surface area (Å²) in [6, 6.07) is 14.2. The molecule has 25 heavy (non-hydrogen) atoms. The lowest BCUT2D eigenvalue weighted by Gasteiger charge is -1.98. The molecule has 0 amide bonds. The van der Waals surface area contributed by atoms with Crippen LogP contribution in [0.5, 0.6) is 0 Å². The zero-order valence-corrected chi connectivity index (χ0v) is 15.4. The van der Waals surface area contributed by atoms with E-state index in [1.54, 1.807) is 4.52 Å². The van der Waals surface area contributed by atoms with Crippen molar-refractivity contribution in [3.8, 4) is 22.0 Å². The Morgan fingerprint density at radius 3 is 2.60 bits per heavy atom. The molecule has 0 N–H and O–H groups in total. The second-order valence-corrected chi connectivity index (χ2v) is 8.21. The van der Waals surface area contributed by atoms with Crippen LogP contribution in [-0.2, 0) is 0 Å². The minimum atomic E-state index is 0.548. The van der Waals surface area contributed by atoms with Gasteiger partial charge in [0.1, 0.15) is 5.01 Å². The number of halogens is 1. The number of aromatic nitrogens is 5. The molecule has 5 rings (SSSR count). The Kier molecular flexibility index (Phi) is 3.34. The molecule has 0 aliphatic carbocycles. The first-order valence-electron chi connectivity index (χ1n) is 7.53. The van der Waals surface area contributed by atoms with E-state index in [2.05, 4.69) is 40.3 Å². The van der Waals surface area contributed by atoms with Crippen LogP contribution in [0.4, 0.5) is 0 Å². The first-order chi connectivity index (χ1) is 12.2. The Labute approximate surface area is 155 Å². The van der Waals surface area contributed by atoms with Crippen LogP contribution in [0.15, 0.2) is 42.5 Å². The summed E-state index contributed by atoms with van der Waals surface area (Å²) in [6.45, 7) is 2.06. The number of thiazole rings is 1. The van der Waals surface area contributed by atoms with Gasteiger partial charge in [0.15, 0.2) is 10.3 Å². The van der Waals surface area contributed by atoms with Crippen LogP contribution in [0.25, 0.3) is 37.1 Å². The second kappa shape index (κ2) is 5.59. The standard InChI is InChI=1S/C17H10ClN5S2/c1-9-2-4-10(5-3-9)14-20-21-17-23(14)22-15(25-17)11-6-7-12-13(8-11)24-16(18)19-12/h2-8H,1H3. The Morgan fingerprint density at radius 2 is 1.76 bits per heavy atom. The first kappa shape index (κ1) is 14.9. The largest absolute Gasteiger partial charge is 0.235 e. The lowest BCUT2D eigenvalue weighted by atomic mass is 10.1. The van der Waals surface area contributed by atoms with Gasteiger partial charge in [-0.1, -0.05) is 52.8 Å². The van der Waals surface area contributed by atoms with Crippen molar-refractivity contribution in [2.45, 2.75) is 6.92 Å². The molecule has 3 heterocycles. The lowest BCUT2D eigenvalue weighted by Crippen LogP contribution is -1.91. The Morgan fingerprint density at radius 1 is 0.960 bits per heavy atom. The smallest absolute Gasteiger partial charge is 0.225 e. The van der Waals surface area contributed by atoms with Gasteiger partial charge in [-0.2, -0.15) is 9.61 Å². The predicted octanol–water partition coefficient (Wildman–Crippen LogP) is 5.09. The third-order valence-electron chi connectivity index (χ3n) is 3.91. The summed E-state index contributed by atoms with van der Waals surface area (Å²) in [4.78, 5) is 5.05. The highest BCUT2D eigenvalue weighted by molar-refractivity contribution is 7.22. The molecule has 0 aliphatic rings. The lowest BCUT2D eigenvalue weighted by molar-refractivity contribution is 0.970. The molecule has 0 saturated heterocycles. The van der Waals surface area contributed by atoms with Gasteiger partial charge in [0, 0.05) is 11.1 Å². The molecular formula is C17H10ClN5S2. The summed E-state index contributed by atoms with van der Waals surface area (Å²) in [5, 5.41) is 14.2. The zero-order valence-electron chi connectivity index (χ0n) is 13.0. The van der Waals surface area contributed by atoms with E-state index >= 15 is 0 Å². The maximum absolute atomic E-state index is 6.00. The highest BCUT2D eigenvalue weighted by Crippen LogP contribution is 2.33. The van der Waals surface area contributed by atoms with Crippen molar-refractivity contribution in [2.24, 2.45) is 0 Å². The van der Waals surface area contributed by atoms with Gasteiger partial charge in [-0.05, 0) is 25.1 Å². The van der Waals surface area contributed by atoms with Gasteiger partial charge in [0.2, 0.25) is 4.96 Å². The topological polar surface area (TPSA) is 56.0 Å². The molecule has 3 aromatic heterocycles. The summed E-state index contributed by atoms with van der Waals surface area (Å²) in [6.07, 6.45) is 0. The normalized spacial score (nSPS) is 11.6. The summed E-state index contributed by atoms with van der Waals surface area (Å²) in [5.74, 6) is 0.749. The average Bonchev–Trinajstić information content (AvgIpc) is 3.27. The van der Waals surface area contributed by atoms with Crippen molar-refractivity contribution in [1.82, 2.24) is 24.8 Å². The number of hydrogen-bond acceptors (Lipinski definition) is 6. The van der Waals surface area contributed by atoms with Crippen molar-refractivity contribution < 1.29 is 0 Å². The number of hydrogen-bond donors (Lipinski definition) is 0. The van der Waals surface area contributed by atoms with Crippen LogP contribution in [0.2, 0.25) is 4.47 Å². The molecule has 5 aromatic rings. The minimum absolute atomic E-state index is 0.548. The van der Waals surface area contributed by atoms with Crippen molar-refractivity contribution in [2.75, 3.05) is 0 Å². The monoisotopic (exact) mass is 383 g/mol. The van der Waals surface area contributed by atoms with Crippen LogP contribution < -0.4 is 0 Å². The van der Waals surface area contributed by atoms with E-state index in [0.29, 0.717) is 4.47 Å². The third kappa shape index (κ3) is 2.52. The highest BCUT2D eigenvalue weighted by atomic mass is 35.5. The number of fused-ring (bicyclic) bond motifs is 2. The van der Waals surface area contributed by atoms with Gasteiger partial charge >= 0.3 is 0 Å². The summed E-state index contributed by atoms with van der Waals surface area (Å²) >= 11 is 8.98. The maximum atomic E-state index is 6.00. The molecule has 0 bridgehead atoms. The van der Waals surface area contributed by atoms with E-state index in [1.807, 2.05) is 24.3 Å². The van der Waals surface area contributed by atoms with Gasteiger partial charge < -0.3 is 0 Å². The highest BCUT2D eigenvalue weighted by Gasteiger charge is 2.15. The van der Waals surface area contributed by atoms with E-state index in [9.17, 15) is 0 Å². The molecule has 0 spiro atoms. The van der Waals surface area contributed by atoms with Gasteiger partial charge in [0.25, 0.3) is 0 Å². The van der Waals surface area contributed by atoms with Gasteiger partial charge in [-0.25, -0.2) is 4.98 Å². The van der Waals surface area contributed by atoms with Crippen LogP contribution in [0.1, 0.15) is 5.56 Å². The van der Waals surface area contributed by atoms with E-state index in [-0.39, 0.29) is 0 Å². The van der Waals surface area contributed by atoms with Crippen molar-refractivity contribution >= 4 is 49.5 Å². The summed E-state index contributed by atoms with van der Waals surface area (Å²) in [7, 11) is 0. The third-order valence-corrected chi connectivity index (χ3v) is 5.98. The molecule has 122 valence electrons. The van der Waals surface area contributed by atoms with Crippen molar-refractivity contribution in [3.63, 3.8) is 0 Å². The second-order valence-electron chi connectivity index (χ2n) is 5.64. The zero-order chi connectivity index (χ0) is 17.0. The SMILES string of the molecule is Cc1ccc(-c2nnc3sc(-c4ccc5nc(Cl)sc5c4)nn23)cc1. The fraction of sp³-hybridized carbons (Fsp3) is 0.0588. The van der Waals surface area contributed by atoms with Crippen molar-refractivity contribution in [1.29, 1.82) is 0 Å². The van der Waals surface area contributed by atoms with Crippen LogP contribution in [0.3, 0.4) is 0 Å². The minimum Gasteiger partial charge on any atom is -0.225 e. The summed E-state index contributed by atoms with van der Waals surface area (Å²) in [5.41, 5.74) is 4.14. The molecule has 0 aliphatic heterocycles. The van der Waals surface area contributed by atoms with Crippen molar-refractivity contribution in [3.05, 3.63) is 52.5 Å². The molecule has 0 fully saturated rings. The molecular weight excluding hydrogens is 374 g/mol. The Hall–Kier alpha value is -2.35. The van der Waals surface area contributed by atoms with E-state index in [0.717, 1.165) is 37.1 Å². The first-order valence-corrected chi connectivity index (χ1v) is 9.54.